The average Bonchev–Trinajstić information content (AvgIpc) is 2.77. The fraction of sp³-hybridized carbons (Fsp3) is 0.391. The second kappa shape index (κ2) is 9.20. The number of hydrogen-bond acceptors (Lipinski definition) is 2. The van der Waals surface area contributed by atoms with E-state index in [1.54, 1.807) is 0 Å². The van der Waals surface area contributed by atoms with Gasteiger partial charge in [0.25, 0.3) is 5.91 Å². The zero-order valence-corrected chi connectivity index (χ0v) is 16.7. The lowest BCUT2D eigenvalue weighted by Crippen LogP contribution is -3.15. The van der Waals surface area contributed by atoms with Gasteiger partial charge in [-0.15, -0.1) is 0 Å². The van der Waals surface area contributed by atoms with E-state index in [-0.39, 0.29) is 23.9 Å². The Morgan fingerprint density at radius 3 is 2.17 bits per heavy atom. The molecule has 2 aromatic rings. The first-order chi connectivity index (χ1) is 14.2. The van der Waals surface area contributed by atoms with E-state index in [1.807, 2.05) is 10.2 Å². The Kier molecular flexibility index (Phi) is 6.22. The summed E-state index contributed by atoms with van der Waals surface area (Å²) in [5, 5.41) is 4.84. The van der Waals surface area contributed by atoms with Crippen LogP contribution in [-0.4, -0.2) is 62.0 Å². The number of benzene rings is 2. The molecule has 6 nitrogen and oxygen atoms in total. The van der Waals surface area contributed by atoms with Crippen molar-refractivity contribution in [2.45, 2.75) is 18.5 Å². The molecule has 0 saturated carbocycles. The highest BCUT2D eigenvalue weighted by Gasteiger charge is 2.34. The predicted octanol–water partition coefficient (Wildman–Crippen LogP) is -1.04. The first-order valence-corrected chi connectivity index (χ1v) is 10.6. The molecular weight excluding hydrogens is 364 g/mol. The van der Waals surface area contributed by atoms with E-state index in [0.29, 0.717) is 13.0 Å². The van der Waals surface area contributed by atoms with Crippen LogP contribution in [0.4, 0.5) is 0 Å². The fourth-order valence-corrected chi connectivity index (χ4v) is 4.50. The molecule has 0 radical (unpaired) electrons. The zero-order valence-electron chi connectivity index (χ0n) is 16.7. The number of nitrogens with one attached hydrogen (secondary N) is 2. The van der Waals surface area contributed by atoms with Crippen LogP contribution in [0.25, 0.3) is 0 Å². The van der Waals surface area contributed by atoms with Crippen molar-refractivity contribution in [3.8, 4) is 0 Å². The Bertz CT molecular complexity index is 780. The SMILES string of the molecule is O=C1NCC[NH2+][C@@H]1CC(=O)N1CC[NH+](C(c2ccccc2)c2ccccc2)CC1. The highest BCUT2D eigenvalue weighted by Crippen LogP contribution is 2.19. The Balaban J connectivity index is 1.41. The van der Waals surface area contributed by atoms with Gasteiger partial charge >= 0.3 is 0 Å². The van der Waals surface area contributed by atoms with E-state index in [4.69, 9.17) is 0 Å². The zero-order chi connectivity index (χ0) is 20.1. The lowest BCUT2D eigenvalue weighted by atomic mass is 9.96. The van der Waals surface area contributed by atoms with E-state index in [2.05, 4.69) is 66.0 Å². The maximum absolute atomic E-state index is 12.7. The fourth-order valence-electron chi connectivity index (χ4n) is 4.50. The van der Waals surface area contributed by atoms with Gasteiger partial charge in [0.2, 0.25) is 5.91 Å². The second-order valence-corrected chi connectivity index (χ2v) is 7.92. The summed E-state index contributed by atoms with van der Waals surface area (Å²) in [5.74, 6) is 0.0837. The molecule has 2 amide bonds. The van der Waals surface area contributed by atoms with E-state index in [0.717, 1.165) is 32.7 Å². The molecule has 152 valence electrons. The third kappa shape index (κ3) is 4.66. The van der Waals surface area contributed by atoms with Crippen LogP contribution in [0.1, 0.15) is 23.6 Å². The molecule has 0 aliphatic carbocycles. The molecule has 1 atom stereocenters. The molecule has 2 aliphatic rings. The molecule has 4 N–H and O–H groups in total. The van der Waals surface area contributed by atoms with Crippen LogP contribution in [0.2, 0.25) is 0 Å². The van der Waals surface area contributed by atoms with Crippen molar-refractivity contribution in [3.05, 3.63) is 71.8 Å². The molecule has 29 heavy (non-hydrogen) atoms. The van der Waals surface area contributed by atoms with Gasteiger partial charge in [-0.3, -0.25) is 9.59 Å². The third-order valence-electron chi connectivity index (χ3n) is 6.06. The molecule has 0 unspecified atom stereocenters. The Morgan fingerprint density at radius 2 is 1.62 bits per heavy atom. The smallest absolute Gasteiger partial charge is 0.278 e. The lowest BCUT2D eigenvalue weighted by molar-refractivity contribution is -0.929. The highest BCUT2D eigenvalue weighted by atomic mass is 16.2. The number of rotatable bonds is 5. The molecule has 2 fully saturated rings. The third-order valence-corrected chi connectivity index (χ3v) is 6.06. The summed E-state index contributed by atoms with van der Waals surface area (Å²) in [7, 11) is 0. The van der Waals surface area contributed by atoms with Crippen molar-refractivity contribution in [1.82, 2.24) is 10.2 Å². The molecule has 0 spiro atoms. The lowest BCUT2D eigenvalue weighted by Gasteiger charge is -2.37. The summed E-state index contributed by atoms with van der Waals surface area (Å²) in [5.41, 5.74) is 2.61. The minimum atomic E-state index is -0.275. The summed E-state index contributed by atoms with van der Waals surface area (Å²) in [6.45, 7) is 4.81. The van der Waals surface area contributed by atoms with E-state index in [9.17, 15) is 9.59 Å². The monoisotopic (exact) mass is 394 g/mol. The van der Waals surface area contributed by atoms with Crippen molar-refractivity contribution < 1.29 is 19.8 Å². The molecule has 0 bridgehead atoms. The molecule has 6 heteroatoms. The number of nitrogens with zero attached hydrogens (tertiary/aromatic N) is 1. The van der Waals surface area contributed by atoms with Crippen molar-refractivity contribution in [3.63, 3.8) is 0 Å². The molecule has 2 aliphatic heterocycles. The van der Waals surface area contributed by atoms with Gasteiger partial charge in [0.1, 0.15) is 6.04 Å². The van der Waals surface area contributed by atoms with Gasteiger partial charge in [0.15, 0.2) is 6.04 Å². The van der Waals surface area contributed by atoms with Gasteiger partial charge in [-0.2, -0.15) is 0 Å². The summed E-state index contributed by atoms with van der Waals surface area (Å²) in [4.78, 5) is 28.1. The topological polar surface area (TPSA) is 70.5 Å². The largest absolute Gasteiger partial charge is 0.345 e. The van der Waals surface area contributed by atoms with Gasteiger partial charge in [-0.05, 0) is 0 Å². The van der Waals surface area contributed by atoms with Crippen molar-refractivity contribution in [1.29, 1.82) is 0 Å². The van der Waals surface area contributed by atoms with Crippen LogP contribution >= 0.6 is 0 Å². The normalized spacial score (nSPS) is 20.5. The van der Waals surface area contributed by atoms with Gasteiger partial charge in [-0.1, -0.05) is 60.7 Å². The first kappa shape index (κ1) is 19.6. The minimum absolute atomic E-state index is 0.0120. The van der Waals surface area contributed by atoms with E-state index >= 15 is 0 Å². The number of amides is 2. The van der Waals surface area contributed by atoms with Crippen LogP contribution in [0.15, 0.2) is 60.7 Å². The highest BCUT2D eigenvalue weighted by molar-refractivity contribution is 5.87. The van der Waals surface area contributed by atoms with Gasteiger partial charge in [-0.25, -0.2) is 0 Å². The molecular formula is C23H30N4O2+2. The maximum Gasteiger partial charge on any atom is 0.278 e. The Labute approximate surface area is 171 Å². The number of carbonyl (C=O) groups is 2. The molecule has 2 heterocycles. The number of hydrogen-bond donors (Lipinski definition) is 3. The van der Waals surface area contributed by atoms with E-state index < -0.39 is 0 Å². The van der Waals surface area contributed by atoms with Crippen molar-refractivity contribution >= 4 is 11.8 Å². The standard InChI is InChI=1S/C23H28N4O2/c28-21(17-20-23(29)25-12-11-24-20)26-13-15-27(16-14-26)22(18-7-3-1-4-8-18)19-9-5-2-6-10-19/h1-10,20,22,24H,11-17H2,(H,25,29)/p+2/t20-/m1/s1. The Hall–Kier alpha value is -2.70. The van der Waals surface area contributed by atoms with Crippen LogP contribution in [0.5, 0.6) is 0 Å². The van der Waals surface area contributed by atoms with Crippen molar-refractivity contribution in [2.75, 3.05) is 39.3 Å². The Morgan fingerprint density at radius 1 is 1.03 bits per heavy atom. The molecule has 2 saturated heterocycles. The van der Waals surface area contributed by atoms with Crippen molar-refractivity contribution in [2.24, 2.45) is 0 Å². The van der Waals surface area contributed by atoms with Crippen LogP contribution < -0.4 is 15.5 Å². The predicted molar refractivity (Wildman–Crippen MR) is 110 cm³/mol. The average molecular weight is 395 g/mol. The van der Waals surface area contributed by atoms with Gasteiger partial charge < -0.3 is 20.4 Å². The number of piperazine rings is 2. The summed E-state index contributed by atoms with van der Waals surface area (Å²) < 4.78 is 0. The minimum Gasteiger partial charge on any atom is -0.345 e. The first-order valence-electron chi connectivity index (χ1n) is 10.6. The van der Waals surface area contributed by atoms with Crippen LogP contribution in [0, 0.1) is 0 Å². The van der Waals surface area contributed by atoms with Gasteiger partial charge in [0, 0.05) is 11.1 Å². The number of nitrogens with two attached hydrogens (primary N) is 1. The van der Waals surface area contributed by atoms with E-state index in [1.165, 1.54) is 16.0 Å². The second-order valence-electron chi connectivity index (χ2n) is 7.92. The molecule has 0 aromatic heterocycles. The quantitative estimate of drug-likeness (QED) is 0.606. The number of carbonyl (C=O) groups excluding carboxylic acids is 2. The molecule has 2 aromatic carbocycles. The molecule has 4 rings (SSSR count). The maximum atomic E-state index is 12.7. The summed E-state index contributed by atoms with van der Waals surface area (Å²) >= 11 is 0. The summed E-state index contributed by atoms with van der Waals surface area (Å²) in [6, 6.07) is 21.2. The van der Waals surface area contributed by atoms with Gasteiger partial charge in [0.05, 0.1) is 45.7 Å². The van der Waals surface area contributed by atoms with Crippen LogP contribution in [0.3, 0.4) is 0 Å². The van der Waals surface area contributed by atoms with Crippen LogP contribution in [-0.2, 0) is 9.59 Å². The number of quaternary nitrogens is 2. The summed E-state index contributed by atoms with van der Waals surface area (Å²) in [6.07, 6.45) is 0.294.